The number of benzene rings is 1. The summed E-state index contributed by atoms with van der Waals surface area (Å²) in [5.41, 5.74) is 4.19. The van der Waals surface area contributed by atoms with Crippen LogP contribution in [0.4, 0.5) is 5.69 Å². The van der Waals surface area contributed by atoms with Gasteiger partial charge in [-0.2, -0.15) is 0 Å². The van der Waals surface area contributed by atoms with Crippen LogP contribution in [0, 0.1) is 6.92 Å². The average molecular weight is 272 g/mol. The molecule has 1 atom stereocenters. The van der Waals surface area contributed by atoms with Gasteiger partial charge in [-0.25, -0.2) is 0 Å². The molecule has 2 nitrogen and oxygen atoms in total. The van der Waals surface area contributed by atoms with Gasteiger partial charge in [-0.05, 0) is 43.5 Å². The summed E-state index contributed by atoms with van der Waals surface area (Å²) in [4.78, 5) is 2.80. The van der Waals surface area contributed by atoms with E-state index >= 15 is 0 Å². The van der Waals surface area contributed by atoms with Crippen molar-refractivity contribution in [2.24, 2.45) is 0 Å². The fraction of sp³-hybridized carbons (Fsp3) is 0.375. The zero-order chi connectivity index (χ0) is 13.2. The van der Waals surface area contributed by atoms with Crippen molar-refractivity contribution in [1.29, 1.82) is 0 Å². The predicted octanol–water partition coefficient (Wildman–Crippen LogP) is 3.88. The number of hydrogen-bond acceptors (Lipinski definition) is 3. The van der Waals surface area contributed by atoms with E-state index in [2.05, 4.69) is 54.8 Å². The number of anilines is 1. The normalized spacial score (nSPS) is 15.1. The van der Waals surface area contributed by atoms with Gasteiger partial charge in [-0.1, -0.05) is 18.2 Å². The van der Waals surface area contributed by atoms with E-state index in [-0.39, 0.29) is 0 Å². The molecule has 2 N–H and O–H groups in total. The molecule has 3 heteroatoms. The summed E-state index contributed by atoms with van der Waals surface area (Å²) in [5.74, 6) is 0. The zero-order valence-electron chi connectivity index (χ0n) is 11.5. The van der Waals surface area contributed by atoms with E-state index in [0.717, 1.165) is 19.5 Å². The summed E-state index contributed by atoms with van der Waals surface area (Å²) >= 11 is 1.88. The third kappa shape index (κ3) is 2.67. The smallest absolute Gasteiger partial charge is 0.0419 e. The monoisotopic (exact) mass is 272 g/mol. The number of rotatable bonds is 4. The number of hydrogen-bond donors (Lipinski definition) is 2. The molecule has 0 fully saturated rings. The van der Waals surface area contributed by atoms with Gasteiger partial charge in [-0.3, -0.25) is 0 Å². The van der Waals surface area contributed by atoms with Crippen LogP contribution < -0.4 is 10.6 Å². The summed E-state index contributed by atoms with van der Waals surface area (Å²) in [6, 6.07) is 11.5. The minimum Gasteiger partial charge on any atom is -0.384 e. The van der Waals surface area contributed by atoms with Crippen molar-refractivity contribution in [2.45, 2.75) is 32.9 Å². The lowest BCUT2D eigenvalue weighted by Crippen LogP contribution is -2.17. The summed E-state index contributed by atoms with van der Waals surface area (Å²) in [6.07, 6.45) is 1.16. The Balaban J connectivity index is 1.68. The SMILES string of the molecule is Cc1ccc(C(C)NCc2cccc3c2NCC3)s1. The molecule has 0 spiro atoms. The molecule has 1 aliphatic heterocycles. The van der Waals surface area contributed by atoms with E-state index in [9.17, 15) is 0 Å². The van der Waals surface area contributed by atoms with Gasteiger partial charge in [0.1, 0.15) is 0 Å². The summed E-state index contributed by atoms with van der Waals surface area (Å²) < 4.78 is 0. The third-order valence-electron chi connectivity index (χ3n) is 3.72. The molecule has 3 rings (SSSR count). The van der Waals surface area contributed by atoms with Crippen LogP contribution in [-0.2, 0) is 13.0 Å². The Bertz CT molecular complexity index is 574. The van der Waals surface area contributed by atoms with Crippen LogP contribution in [-0.4, -0.2) is 6.54 Å². The number of thiophene rings is 1. The van der Waals surface area contributed by atoms with Gasteiger partial charge in [-0.15, -0.1) is 11.3 Å². The topological polar surface area (TPSA) is 24.1 Å². The fourth-order valence-electron chi connectivity index (χ4n) is 2.61. The highest BCUT2D eigenvalue weighted by Gasteiger charge is 2.14. The molecule has 2 heterocycles. The lowest BCUT2D eigenvalue weighted by molar-refractivity contribution is 0.583. The van der Waals surface area contributed by atoms with E-state index in [0.29, 0.717) is 6.04 Å². The molecular weight excluding hydrogens is 252 g/mol. The zero-order valence-corrected chi connectivity index (χ0v) is 12.3. The van der Waals surface area contributed by atoms with E-state index < -0.39 is 0 Å². The first-order chi connectivity index (χ1) is 9.24. The highest BCUT2D eigenvalue weighted by Crippen LogP contribution is 2.27. The van der Waals surface area contributed by atoms with E-state index in [1.165, 1.54) is 26.6 Å². The molecule has 0 saturated carbocycles. The molecule has 1 aromatic carbocycles. The molecule has 100 valence electrons. The molecule has 0 amide bonds. The second-order valence-electron chi connectivity index (χ2n) is 5.18. The average Bonchev–Trinajstić information content (AvgIpc) is 3.04. The lowest BCUT2D eigenvalue weighted by Gasteiger charge is -2.14. The minimum atomic E-state index is 0.413. The quantitative estimate of drug-likeness (QED) is 0.882. The molecule has 2 aromatic rings. The van der Waals surface area contributed by atoms with Crippen molar-refractivity contribution in [2.75, 3.05) is 11.9 Å². The molecule has 1 unspecified atom stereocenters. The second kappa shape index (κ2) is 5.35. The van der Waals surface area contributed by atoms with Crippen molar-refractivity contribution in [3.8, 4) is 0 Å². The molecule has 1 aromatic heterocycles. The maximum atomic E-state index is 3.63. The highest BCUT2D eigenvalue weighted by atomic mass is 32.1. The largest absolute Gasteiger partial charge is 0.384 e. The predicted molar refractivity (Wildman–Crippen MR) is 82.9 cm³/mol. The van der Waals surface area contributed by atoms with Crippen molar-refractivity contribution in [1.82, 2.24) is 5.32 Å². The third-order valence-corrected chi connectivity index (χ3v) is 4.90. The van der Waals surface area contributed by atoms with Crippen LogP contribution in [0.3, 0.4) is 0 Å². The Hall–Kier alpha value is -1.32. The molecule has 1 aliphatic rings. The number of nitrogens with one attached hydrogen (secondary N) is 2. The Labute approximate surface area is 118 Å². The number of aryl methyl sites for hydroxylation is 1. The Morgan fingerprint density at radius 1 is 1.32 bits per heavy atom. The van der Waals surface area contributed by atoms with Gasteiger partial charge >= 0.3 is 0 Å². The fourth-order valence-corrected chi connectivity index (χ4v) is 3.51. The van der Waals surface area contributed by atoms with E-state index in [4.69, 9.17) is 0 Å². The summed E-state index contributed by atoms with van der Waals surface area (Å²) in [7, 11) is 0. The van der Waals surface area contributed by atoms with Crippen LogP contribution >= 0.6 is 11.3 Å². The molecule has 0 saturated heterocycles. The van der Waals surface area contributed by atoms with Gasteiger partial charge in [0, 0.05) is 34.6 Å². The van der Waals surface area contributed by atoms with Gasteiger partial charge in [0.2, 0.25) is 0 Å². The summed E-state index contributed by atoms with van der Waals surface area (Å²) in [5, 5.41) is 7.13. The van der Waals surface area contributed by atoms with Crippen LogP contribution in [0.5, 0.6) is 0 Å². The van der Waals surface area contributed by atoms with Crippen molar-refractivity contribution in [3.63, 3.8) is 0 Å². The maximum absolute atomic E-state index is 3.63. The first kappa shape index (κ1) is 12.7. The minimum absolute atomic E-state index is 0.413. The van der Waals surface area contributed by atoms with Gasteiger partial charge < -0.3 is 10.6 Å². The van der Waals surface area contributed by atoms with Gasteiger partial charge in [0.25, 0.3) is 0 Å². The van der Waals surface area contributed by atoms with Crippen molar-refractivity contribution >= 4 is 17.0 Å². The molecule has 0 aliphatic carbocycles. The van der Waals surface area contributed by atoms with Gasteiger partial charge in [0.15, 0.2) is 0 Å². The number of para-hydroxylation sites is 1. The Kier molecular flexibility index (Phi) is 3.58. The first-order valence-corrected chi connectivity index (χ1v) is 7.70. The Morgan fingerprint density at radius 3 is 3.00 bits per heavy atom. The summed E-state index contributed by atoms with van der Waals surface area (Å²) in [6.45, 7) is 6.40. The maximum Gasteiger partial charge on any atom is 0.0419 e. The van der Waals surface area contributed by atoms with Crippen molar-refractivity contribution < 1.29 is 0 Å². The second-order valence-corrected chi connectivity index (χ2v) is 6.50. The Morgan fingerprint density at radius 2 is 2.21 bits per heavy atom. The van der Waals surface area contributed by atoms with Crippen LogP contribution in [0.25, 0.3) is 0 Å². The highest BCUT2D eigenvalue weighted by molar-refractivity contribution is 7.12. The van der Waals surface area contributed by atoms with Crippen LogP contribution in [0.15, 0.2) is 30.3 Å². The van der Waals surface area contributed by atoms with Crippen LogP contribution in [0.1, 0.15) is 33.8 Å². The van der Waals surface area contributed by atoms with Gasteiger partial charge in [0.05, 0.1) is 0 Å². The first-order valence-electron chi connectivity index (χ1n) is 6.88. The molecule has 19 heavy (non-hydrogen) atoms. The van der Waals surface area contributed by atoms with Crippen molar-refractivity contribution in [3.05, 3.63) is 51.2 Å². The molecule has 0 bridgehead atoms. The molecule has 0 radical (unpaired) electrons. The van der Waals surface area contributed by atoms with E-state index in [1.54, 1.807) is 0 Å². The standard InChI is InChI=1S/C16H20N2S/c1-11-6-7-15(19-11)12(2)18-10-14-5-3-4-13-8-9-17-16(13)14/h3-7,12,17-18H,8-10H2,1-2H3. The lowest BCUT2D eigenvalue weighted by atomic mass is 10.1. The van der Waals surface area contributed by atoms with E-state index in [1.807, 2.05) is 11.3 Å². The molecular formula is C16H20N2S. The number of fused-ring (bicyclic) bond motifs is 1. The van der Waals surface area contributed by atoms with Crippen LogP contribution in [0.2, 0.25) is 0 Å².